The van der Waals surface area contributed by atoms with Crippen LogP contribution in [0.3, 0.4) is 0 Å². The number of sulfonamides is 2. The molecule has 2 aliphatic rings. The lowest BCUT2D eigenvalue weighted by atomic mass is 10.2. The van der Waals surface area contributed by atoms with Gasteiger partial charge in [-0.25, -0.2) is 26.3 Å². The average Bonchev–Trinajstić information content (AvgIpc) is 3.16. The number of benzene rings is 1. The van der Waals surface area contributed by atoms with Gasteiger partial charge in [-0.3, -0.25) is 0 Å². The van der Waals surface area contributed by atoms with Crippen molar-refractivity contribution in [3.05, 3.63) is 24.3 Å². The fraction of sp³-hybridized carbons (Fsp3) is 0.571. The molecular formula is C14H22ClN3O4S2. The lowest BCUT2D eigenvalue weighted by molar-refractivity contribution is 0.551. The van der Waals surface area contributed by atoms with Crippen LogP contribution in [0.5, 0.6) is 0 Å². The van der Waals surface area contributed by atoms with Crippen LogP contribution in [0.1, 0.15) is 25.7 Å². The van der Waals surface area contributed by atoms with E-state index in [4.69, 9.17) is 0 Å². The molecule has 1 heterocycles. The third kappa shape index (κ3) is 4.90. The third-order valence-corrected chi connectivity index (χ3v) is 6.95. The molecule has 0 radical (unpaired) electrons. The molecule has 1 aliphatic carbocycles. The Morgan fingerprint density at radius 1 is 1.04 bits per heavy atom. The second-order valence-electron chi connectivity index (χ2n) is 6.02. The molecule has 1 aromatic carbocycles. The first-order valence-corrected chi connectivity index (χ1v) is 10.7. The fourth-order valence-electron chi connectivity index (χ4n) is 2.52. The van der Waals surface area contributed by atoms with Gasteiger partial charge in [0.15, 0.2) is 0 Å². The van der Waals surface area contributed by atoms with Crippen LogP contribution in [0.15, 0.2) is 34.1 Å². The largest absolute Gasteiger partial charge is 0.313 e. The van der Waals surface area contributed by atoms with Gasteiger partial charge >= 0.3 is 0 Å². The van der Waals surface area contributed by atoms with Gasteiger partial charge in [-0.1, -0.05) is 6.07 Å². The van der Waals surface area contributed by atoms with E-state index in [-0.39, 0.29) is 34.3 Å². The summed E-state index contributed by atoms with van der Waals surface area (Å²) in [7, 11) is -7.39. The molecular weight excluding hydrogens is 374 g/mol. The maximum atomic E-state index is 12.3. The van der Waals surface area contributed by atoms with Gasteiger partial charge in [-0.05, 0) is 50.4 Å². The maximum absolute atomic E-state index is 12.3. The molecule has 0 aromatic heterocycles. The Bertz CT molecular complexity index is 773. The van der Waals surface area contributed by atoms with Crippen molar-refractivity contribution < 1.29 is 16.8 Å². The summed E-state index contributed by atoms with van der Waals surface area (Å²) in [6, 6.07) is 5.57. The van der Waals surface area contributed by atoms with Gasteiger partial charge in [0.25, 0.3) is 0 Å². The minimum Gasteiger partial charge on any atom is -0.313 e. The van der Waals surface area contributed by atoms with E-state index in [0.717, 1.165) is 32.2 Å². The smallest absolute Gasteiger partial charge is 0.240 e. The Kier molecular flexibility index (Phi) is 6.27. The van der Waals surface area contributed by atoms with Crippen LogP contribution in [0.4, 0.5) is 0 Å². The van der Waals surface area contributed by atoms with Crippen molar-refractivity contribution in [2.45, 2.75) is 47.6 Å². The summed E-state index contributed by atoms with van der Waals surface area (Å²) in [4.78, 5) is -0.0552. The van der Waals surface area contributed by atoms with Crippen LogP contribution in [-0.4, -0.2) is 42.0 Å². The standard InChI is InChI=1S/C14H21N3O4S2.ClH/c18-22(19,16-10-12-3-2-8-15-12)13-4-1-5-14(9-13)23(20,21)17-11-6-7-11;/h1,4-5,9,11-12,15-17H,2-3,6-8,10H2;1H. The molecule has 2 fully saturated rings. The molecule has 7 nitrogen and oxygen atoms in total. The molecule has 3 N–H and O–H groups in total. The fourth-order valence-corrected chi connectivity index (χ4v) is 5.07. The maximum Gasteiger partial charge on any atom is 0.240 e. The van der Waals surface area contributed by atoms with Crippen molar-refractivity contribution in [1.29, 1.82) is 0 Å². The van der Waals surface area contributed by atoms with Crippen molar-refractivity contribution in [2.75, 3.05) is 13.1 Å². The van der Waals surface area contributed by atoms with Crippen LogP contribution >= 0.6 is 12.4 Å². The normalized spacial score (nSPS) is 21.4. The highest BCUT2D eigenvalue weighted by molar-refractivity contribution is 7.90. The molecule has 1 aromatic rings. The van der Waals surface area contributed by atoms with E-state index in [1.54, 1.807) is 0 Å². The van der Waals surface area contributed by atoms with E-state index >= 15 is 0 Å². The van der Waals surface area contributed by atoms with Gasteiger partial charge < -0.3 is 5.32 Å². The molecule has 0 bridgehead atoms. The number of hydrogen-bond acceptors (Lipinski definition) is 5. The van der Waals surface area contributed by atoms with E-state index in [1.807, 2.05) is 0 Å². The van der Waals surface area contributed by atoms with Crippen molar-refractivity contribution in [1.82, 2.24) is 14.8 Å². The van der Waals surface area contributed by atoms with Crippen LogP contribution in [0.25, 0.3) is 0 Å². The van der Waals surface area contributed by atoms with Crippen molar-refractivity contribution in [3.63, 3.8) is 0 Å². The van der Waals surface area contributed by atoms with Crippen LogP contribution in [-0.2, 0) is 20.0 Å². The Morgan fingerprint density at radius 2 is 1.71 bits per heavy atom. The highest BCUT2D eigenvalue weighted by Crippen LogP contribution is 2.23. The SMILES string of the molecule is Cl.O=S(=O)(NCC1CCCN1)c1cccc(S(=O)(=O)NC2CC2)c1. The van der Waals surface area contributed by atoms with Gasteiger partial charge in [0.1, 0.15) is 0 Å². The first kappa shape index (κ1) is 19.6. The first-order valence-electron chi connectivity index (χ1n) is 7.72. The van der Waals surface area contributed by atoms with E-state index < -0.39 is 20.0 Å². The van der Waals surface area contributed by atoms with Gasteiger partial charge in [0.05, 0.1) is 9.79 Å². The first-order chi connectivity index (χ1) is 10.9. The Balaban J connectivity index is 0.00000208. The van der Waals surface area contributed by atoms with Crippen molar-refractivity contribution in [3.8, 4) is 0 Å². The second kappa shape index (κ2) is 7.67. The van der Waals surface area contributed by atoms with Gasteiger partial charge in [0.2, 0.25) is 20.0 Å². The average molecular weight is 396 g/mol. The van der Waals surface area contributed by atoms with E-state index in [1.165, 1.54) is 24.3 Å². The summed E-state index contributed by atoms with van der Waals surface area (Å²) in [5.74, 6) is 0. The quantitative estimate of drug-likeness (QED) is 0.626. The monoisotopic (exact) mass is 395 g/mol. The van der Waals surface area contributed by atoms with Gasteiger partial charge in [-0.15, -0.1) is 12.4 Å². The topological polar surface area (TPSA) is 104 Å². The third-order valence-electron chi connectivity index (χ3n) is 4.01. The number of halogens is 1. The van der Waals surface area contributed by atoms with Crippen LogP contribution in [0, 0.1) is 0 Å². The molecule has 136 valence electrons. The predicted octanol–water partition coefficient (Wildman–Crippen LogP) is 0.579. The van der Waals surface area contributed by atoms with Crippen molar-refractivity contribution in [2.24, 2.45) is 0 Å². The zero-order valence-electron chi connectivity index (χ0n) is 13.1. The van der Waals surface area contributed by atoms with Crippen LogP contribution in [0.2, 0.25) is 0 Å². The lowest BCUT2D eigenvalue weighted by Crippen LogP contribution is -2.37. The number of nitrogens with one attached hydrogen (secondary N) is 3. The van der Waals surface area contributed by atoms with Crippen LogP contribution < -0.4 is 14.8 Å². The molecule has 0 amide bonds. The Morgan fingerprint density at radius 3 is 2.29 bits per heavy atom. The zero-order chi connectivity index (χ0) is 16.5. The van der Waals surface area contributed by atoms with E-state index in [0.29, 0.717) is 6.54 Å². The molecule has 10 heteroatoms. The lowest BCUT2D eigenvalue weighted by Gasteiger charge is -2.13. The predicted molar refractivity (Wildman–Crippen MR) is 93.2 cm³/mol. The highest BCUT2D eigenvalue weighted by atomic mass is 35.5. The molecule has 1 unspecified atom stereocenters. The zero-order valence-corrected chi connectivity index (χ0v) is 15.5. The van der Waals surface area contributed by atoms with E-state index in [9.17, 15) is 16.8 Å². The summed E-state index contributed by atoms with van der Waals surface area (Å²) in [6.45, 7) is 1.20. The van der Waals surface area contributed by atoms with Crippen molar-refractivity contribution >= 4 is 32.5 Å². The summed E-state index contributed by atoms with van der Waals surface area (Å²) in [6.07, 6.45) is 3.62. The molecule has 3 rings (SSSR count). The summed E-state index contributed by atoms with van der Waals surface area (Å²) >= 11 is 0. The molecule has 1 aliphatic heterocycles. The second-order valence-corrected chi connectivity index (χ2v) is 9.50. The Hall–Kier alpha value is -0.710. The van der Waals surface area contributed by atoms with Gasteiger partial charge in [-0.2, -0.15) is 0 Å². The summed E-state index contributed by atoms with van der Waals surface area (Å²) < 4.78 is 54.2. The minimum absolute atomic E-state index is 0. The number of rotatable bonds is 7. The highest BCUT2D eigenvalue weighted by Gasteiger charge is 2.28. The molecule has 24 heavy (non-hydrogen) atoms. The molecule has 0 spiro atoms. The number of hydrogen-bond donors (Lipinski definition) is 3. The minimum atomic E-state index is -3.73. The molecule has 1 saturated carbocycles. The molecule has 1 saturated heterocycles. The van der Waals surface area contributed by atoms with E-state index in [2.05, 4.69) is 14.8 Å². The van der Waals surface area contributed by atoms with Gasteiger partial charge in [0, 0.05) is 18.6 Å². The summed E-state index contributed by atoms with van der Waals surface area (Å²) in [5.41, 5.74) is 0. The Labute approximate surface area is 149 Å². The molecule has 1 atom stereocenters. The summed E-state index contributed by atoms with van der Waals surface area (Å²) in [5, 5.41) is 3.21.